The molecule has 0 amide bonds. The molecule has 1 saturated carbocycles. The van der Waals surface area contributed by atoms with Crippen molar-refractivity contribution in [1.29, 1.82) is 0 Å². The van der Waals surface area contributed by atoms with Crippen LogP contribution < -0.4 is 15.8 Å². The fourth-order valence-electron chi connectivity index (χ4n) is 2.76. The van der Waals surface area contributed by atoms with Crippen molar-refractivity contribution in [3.63, 3.8) is 0 Å². The first kappa shape index (κ1) is 15.0. The fraction of sp³-hybridized carbons (Fsp3) is 0.733. The van der Waals surface area contributed by atoms with Gasteiger partial charge in [-0.15, -0.1) is 0 Å². The molecule has 0 aromatic carbocycles. The molecule has 0 aliphatic heterocycles. The van der Waals surface area contributed by atoms with Gasteiger partial charge in [-0.3, -0.25) is 4.98 Å². The second kappa shape index (κ2) is 6.88. The third-order valence-corrected chi connectivity index (χ3v) is 3.96. The lowest BCUT2D eigenvalue weighted by atomic mass is 9.74. The number of hydrogen-bond donors (Lipinski definition) is 2. The van der Waals surface area contributed by atoms with Crippen molar-refractivity contribution in [2.45, 2.75) is 52.1 Å². The van der Waals surface area contributed by atoms with Gasteiger partial charge in [0, 0.05) is 6.54 Å². The van der Waals surface area contributed by atoms with E-state index in [0.717, 1.165) is 18.9 Å². The van der Waals surface area contributed by atoms with Gasteiger partial charge in [0.1, 0.15) is 5.82 Å². The first-order valence-electron chi connectivity index (χ1n) is 7.56. The Kier molecular flexibility index (Phi) is 5.17. The Morgan fingerprint density at radius 2 is 2.05 bits per heavy atom. The minimum absolute atomic E-state index is 0.105. The zero-order valence-corrected chi connectivity index (χ0v) is 12.6. The van der Waals surface area contributed by atoms with E-state index in [2.05, 4.69) is 15.3 Å². The van der Waals surface area contributed by atoms with Crippen LogP contribution in [0.3, 0.4) is 0 Å². The molecule has 0 spiro atoms. The molecule has 20 heavy (non-hydrogen) atoms. The zero-order valence-electron chi connectivity index (χ0n) is 12.6. The molecule has 1 aliphatic rings. The minimum Gasteiger partial charge on any atom is -0.474 e. The van der Waals surface area contributed by atoms with Crippen molar-refractivity contribution in [2.75, 3.05) is 18.4 Å². The first-order valence-corrected chi connectivity index (χ1v) is 7.56. The van der Waals surface area contributed by atoms with Crippen LogP contribution >= 0.6 is 0 Å². The average molecular weight is 278 g/mol. The Labute approximate surface area is 121 Å². The Morgan fingerprint density at radius 3 is 2.70 bits per heavy atom. The predicted octanol–water partition coefficient (Wildman–Crippen LogP) is 2.58. The molecule has 1 aromatic heterocycles. The fourth-order valence-corrected chi connectivity index (χ4v) is 2.76. The summed E-state index contributed by atoms with van der Waals surface area (Å²) in [7, 11) is 0. The molecule has 1 aliphatic carbocycles. The topological polar surface area (TPSA) is 73.1 Å². The quantitative estimate of drug-likeness (QED) is 0.836. The summed E-state index contributed by atoms with van der Waals surface area (Å²) in [6, 6.07) is 0. The largest absolute Gasteiger partial charge is 0.474 e. The maximum absolute atomic E-state index is 6.00. The Balaban J connectivity index is 1.95. The predicted molar refractivity (Wildman–Crippen MR) is 80.9 cm³/mol. The number of nitrogens with zero attached hydrogens (tertiary/aromatic N) is 2. The molecule has 5 heteroatoms. The molecule has 1 aromatic rings. The summed E-state index contributed by atoms with van der Waals surface area (Å²) in [4.78, 5) is 8.59. The van der Waals surface area contributed by atoms with Crippen molar-refractivity contribution in [3.05, 3.63) is 12.4 Å². The molecule has 112 valence electrons. The van der Waals surface area contributed by atoms with Gasteiger partial charge >= 0.3 is 0 Å². The Bertz CT molecular complexity index is 416. The van der Waals surface area contributed by atoms with Gasteiger partial charge < -0.3 is 15.8 Å². The van der Waals surface area contributed by atoms with Gasteiger partial charge in [0.2, 0.25) is 5.88 Å². The molecule has 0 atom stereocenters. The van der Waals surface area contributed by atoms with Gasteiger partial charge in [0.05, 0.1) is 18.5 Å². The molecule has 0 radical (unpaired) electrons. The standard InChI is InChI=1S/C15H26N4O/c1-12(2)20-14-9-17-8-13(19-14)18-11-15(10-16)6-4-3-5-7-15/h8-9,12H,3-7,10-11,16H2,1-2H3,(H,18,19). The maximum atomic E-state index is 6.00. The van der Waals surface area contributed by atoms with E-state index in [-0.39, 0.29) is 11.5 Å². The van der Waals surface area contributed by atoms with Gasteiger partial charge in [0.15, 0.2) is 0 Å². The van der Waals surface area contributed by atoms with Crippen molar-refractivity contribution in [2.24, 2.45) is 11.1 Å². The second-order valence-corrected chi connectivity index (χ2v) is 6.03. The highest BCUT2D eigenvalue weighted by Gasteiger charge is 2.30. The molecule has 5 nitrogen and oxygen atoms in total. The number of ether oxygens (including phenoxy) is 1. The van der Waals surface area contributed by atoms with E-state index in [4.69, 9.17) is 10.5 Å². The smallest absolute Gasteiger partial charge is 0.234 e. The van der Waals surface area contributed by atoms with Gasteiger partial charge in [-0.1, -0.05) is 19.3 Å². The molecule has 3 N–H and O–H groups in total. The molecular formula is C15H26N4O. The molecular weight excluding hydrogens is 252 g/mol. The summed E-state index contributed by atoms with van der Waals surface area (Å²) < 4.78 is 5.56. The van der Waals surface area contributed by atoms with Crippen LogP contribution in [0.1, 0.15) is 46.0 Å². The Hall–Kier alpha value is -1.36. The number of rotatable bonds is 6. The molecule has 0 unspecified atom stereocenters. The SMILES string of the molecule is CC(C)Oc1cncc(NCC2(CN)CCCCC2)n1. The summed E-state index contributed by atoms with van der Waals surface area (Å²) in [5, 5.41) is 3.39. The summed E-state index contributed by atoms with van der Waals surface area (Å²) in [5.41, 5.74) is 6.21. The van der Waals surface area contributed by atoms with Crippen LogP contribution in [-0.4, -0.2) is 29.2 Å². The van der Waals surface area contributed by atoms with Crippen LogP contribution in [0.4, 0.5) is 5.82 Å². The monoisotopic (exact) mass is 278 g/mol. The lowest BCUT2D eigenvalue weighted by Gasteiger charge is -2.36. The van der Waals surface area contributed by atoms with Crippen molar-refractivity contribution >= 4 is 5.82 Å². The van der Waals surface area contributed by atoms with Crippen LogP contribution in [0.15, 0.2) is 12.4 Å². The van der Waals surface area contributed by atoms with Crippen LogP contribution in [0.5, 0.6) is 5.88 Å². The second-order valence-electron chi connectivity index (χ2n) is 6.03. The highest BCUT2D eigenvalue weighted by molar-refractivity contribution is 5.33. The van der Waals surface area contributed by atoms with Crippen molar-refractivity contribution in [1.82, 2.24) is 9.97 Å². The van der Waals surface area contributed by atoms with Gasteiger partial charge in [-0.25, -0.2) is 0 Å². The normalized spacial score (nSPS) is 18.0. The molecule has 0 saturated heterocycles. The van der Waals surface area contributed by atoms with Crippen molar-refractivity contribution in [3.8, 4) is 5.88 Å². The van der Waals surface area contributed by atoms with Crippen LogP contribution in [0.25, 0.3) is 0 Å². The lowest BCUT2D eigenvalue weighted by Crippen LogP contribution is -2.39. The summed E-state index contributed by atoms with van der Waals surface area (Å²) in [6.45, 7) is 5.55. The Morgan fingerprint density at radius 1 is 1.30 bits per heavy atom. The molecule has 0 bridgehead atoms. The molecule has 1 fully saturated rings. The van der Waals surface area contributed by atoms with Gasteiger partial charge in [0.25, 0.3) is 0 Å². The third-order valence-electron chi connectivity index (χ3n) is 3.96. The van der Waals surface area contributed by atoms with Gasteiger partial charge in [-0.05, 0) is 38.6 Å². The summed E-state index contributed by atoms with van der Waals surface area (Å²) in [6.07, 6.45) is 9.78. The average Bonchev–Trinajstić information content (AvgIpc) is 2.46. The highest BCUT2D eigenvalue weighted by atomic mass is 16.5. The van der Waals surface area contributed by atoms with E-state index in [1.807, 2.05) is 13.8 Å². The minimum atomic E-state index is 0.105. The zero-order chi connectivity index (χ0) is 14.4. The lowest BCUT2D eigenvalue weighted by molar-refractivity contribution is 0.214. The number of nitrogens with one attached hydrogen (secondary N) is 1. The first-order chi connectivity index (χ1) is 9.63. The number of nitrogens with two attached hydrogens (primary N) is 1. The van der Waals surface area contributed by atoms with Crippen LogP contribution in [0, 0.1) is 5.41 Å². The van der Waals surface area contributed by atoms with Crippen molar-refractivity contribution < 1.29 is 4.74 Å². The summed E-state index contributed by atoms with van der Waals surface area (Å²) in [5.74, 6) is 1.33. The van der Waals surface area contributed by atoms with E-state index in [0.29, 0.717) is 5.88 Å². The third kappa shape index (κ3) is 4.07. The van der Waals surface area contributed by atoms with E-state index in [1.165, 1.54) is 32.1 Å². The number of anilines is 1. The van der Waals surface area contributed by atoms with Gasteiger partial charge in [-0.2, -0.15) is 4.98 Å². The highest BCUT2D eigenvalue weighted by Crippen LogP contribution is 2.35. The van der Waals surface area contributed by atoms with E-state index in [1.54, 1.807) is 12.4 Å². The summed E-state index contributed by atoms with van der Waals surface area (Å²) >= 11 is 0. The number of hydrogen-bond acceptors (Lipinski definition) is 5. The van der Waals surface area contributed by atoms with Crippen LogP contribution in [-0.2, 0) is 0 Å². The number of aromatic nitrogens is 2. The van der Waals surface area contributed by atoms with E-state index < -0.39 is 0 Å². The molecule has 2 rings (SSSR count). The molecule has 1 heterocycles. The van der Waals surface area contributed by atoms with Crippen LogP contribution in [0.2, 0.25) is 0 Å². The maximum Gasteiger partial charge on any atom is 0.234 e. The van der Waals surface area contributed by atoms with E-state index >= 15 is 0 Å². The van der Waals surface area contributed by atoms with E-state index in [9.17, 15) is 0 Å².